The number of likely N-dealkylation sites (tertiary alicyclic amines) is 1. The van der Waals surface area contributed by atoms with Crippen LogP contribution in [0.5, 0.6) is 5.75 Å². The summed E-state index contributed by atoms with van der Waals surface area (Å²) < 4.78 is 7.13. The summed E-state index contributed by atoms with van der Waals surface area (Å²) in [5.41, 5.74) is -0.00279. The predicted molar refractivity (Wildman–Crippen MR) is 91.7 cm³/mol. The van der Waals surface area contributed by atoms with Gasteiger partial charge in [-0.05, 0) is 50.9 Å². The van der Waals surface area contributed by atoms with Gasteiger partial charge in [-0.3, -0.25) is 4.90 Å². The van der Waals surface area contributed by atoms with Crippen LogP contribution >= 0.6 is 0 Å². The van der Waals surface area contributed by atoms with Gasteiger partial charge < -0.3 is 9.84 Å². The fourth-order valence-electron chi connectivity index (χ4n) is 3.63. The van der Waals surface area contributed by atoms with Crippen LogP contribution in [0, 0.1) is 0 Å². The highest BCUT2D eigenvalue weighted by Crippen LogP contribution is 2.35. The lowest BCUT2D eigenvalue weighted by molar-refractivity contribution is -0.0264. The predicted octanol–water partition coefficient (Wildman–Crippen LogP) is 2.18. The van der Waals surface area contributed by atoms with E-state index in [2.05, 4.69) is 21.9 Å². The fourth-order valence-corrected chi connectivity index (χ4v) is 3.63. The van der Waals surface area contributed by atoms with E-state index in [0.717, 1.165) is 43.1 Å². The van der Waals surface area contributed by atoms with Crippen LogP contribution in [0.25, 0.3) is 0 Å². The number of ether oxygens (including phenoxy) is 1. The third-order valence-corrected chi connectivity index (χ3v) is 5.03. The number of hydrogen-bond donors (Lipinski definition) is 1. The summed E-state index contributed by atoms with van der Waals surface area (Å²) in [4.78, 5) is 6.69. The maximum Gasteiger partial charge on any atom is 0.141 e. The lowest BCUT2D eigenvalue weighted by atomic mass is 9.86. The van der Waals surface area contributed by atoms with Gasteiger partial charge in [-0.25, -0.2) is 9.67 Å². The van der Waals surface area contributed by atoms with Gasteiger partial charge >= 0.3 is 0 Å². The third-order valence-electron chi connectivity index (χ3n) is 5.03. The van der Waals surface area contributed by atoms with Gasteiger partial charge in [0.05, 0.1) is 13.7 Å². The summed E-state index contributed by atoms with van der Waals surface area (Å²) in [6.45, 7) is 6.45. The lowest BCUT2D eigenvalue weighted by Crippen LogP contribution is -2.45. The largest absolute Gasteiger partial charge is 0.497 e. The number of aromatic nitrogens is 3. The van der Waals surface area contributed by atoms with Crippen molar-refractivity contribution < 1.29 is 9.84 Å². The molecule has 24 heavy (non-hydrogen) atoms. The van der Waals surface area contributed by atoms with Crippen LogP contribution in [0.1, 0.15) is 38.1 Å². The van der Waals surface area contributed by atoms with Crippen LogP contribution in [0.4, 0.5) is 0 Å². The maximum atomic E-state index is 11.2. The zero-order chi connectivity index (χ0) is 17.2. The van der Waals surface area contributed by atoms with Crippen LogP contribution in [-0.2, 0) is 18.7 Å². The molecule has 0 radical (unpaired) electrons. The van der Waals surface area contributed by atoms with Crippen LogP contribution in [0.15, 0.2) is 30.6 Å². The topological polar surface area (TPSA) is 63.4 Å². The number of methoxy groups -OCH3 is 1. The van der Waals surface area contributed by atoms with Gasteiger partial charge in [0.1, 0.15) is 23.5 Å². The summed E-state index contributed by atoms with van der Waals surface area (Å²) in [7, 11) is 1.65. The number of nitrogens with zero attached hydrogens (tertiary/aromatic N) is 4. The second-order valence-corrected chi connectivity index (χ2v) is 6.50. The van der Waals surface area contributed by atoms with Crippen molar-refractivity contribution >= 4 is 0 Å². The van der Waals surface area contributed by atoms with Gasteiger partial charge in [-0.1, -0.05) is 12.1 Å². The minimum atomic E-state index is -0.917. The van der Waals surface area contributed by atoms with Crippen molar-refractivity contribution in [3.8, 4) is 5.75 Å². The fraction of sp³-hybridized carbons (Fsp3) is 0.556. The molecule has 0 bridgehead atoms. The van der Waals surface area contributed by atoms with E-state index in [-0.39, 0.29) is 6.04 Å². The molecule has 1 saturated heterocycles. The highest BCUT2D eigenvalue weighted by Gasteiger charge is 2.40. The molecule has 6 nitrogen and oxygen atoms in total. The van der Waals surface area contributed by atoms with E-state index in [9.17, 15) is 5.11 Å². The van der Waals surface area contributed by atoms with Crippen molar-refractivity contribution in [2.75, 3.05) is 13.7 Å². The van der Waals surface area contributed by atoms with Crippen LogP contribution < -0.4 is 4.74 Å². The molecule has 1 aliphatic rings. The normalized spacial score (nSPS) is 20.9. The Morgan fingerprint density at radius 2 is 2.08 bits per heavy atom. The van der Waals surface area contributed by atoms with Crippen LogP contribution in [0.2, 0.25) is 0 Å². The van der Waals surface area contributed by atoms with E-state index < -0.39 is 5.60 Å². The van der Waals surface area contributed by atoms with Crippen LogP contribution in [0.3, 0.4) is 0 Å². The molecule has 1 N–H and O–H groups in total. The molecule has 1 aromatic heterocycles. The third kappa shape index (κ3) is 3.16. The van der Waals surface area contributed by atoms with Crippen molar-refractivity contribution in [1.82, 2.24) is 19.7 Å². The molecule has 0 aliphatic carbocycles. The Hall–Kier alpha value is -1.92. The molecule has 6 heteroatoms. The molecule has 1 fully saturated rings. The van der Waals surface area contributed by atoms with E-state index >= 15 is 0 Å². The highest BCUT2D eigenvalue weighted by atomic mass is 16.5. The zero-order valence-corrected chi connectivity index (χ0v) is 14.6. The molecule has 0 amide bonds. The number of rotatable bonds is 6. The number of aryl methyl sites for hydroxylation is 1. The molecule has 0 spiro atoms. The van der Waals surface area contributed by atoms with Gasteiger partial charge in [-0.2, -0.15) is 5.10 Å². The molecule has 0 saturated carbocycles. The Morgan fingerprint density at radius 3 is 2.75 bits per heavy atom. The first-order valence-electron chi connectivity index (χ1n) is 8.54. The lowest BCUT2D eigenvalue weighted by Gasteiger charge is -2.36. The standard InChI is InChI=1S/C18H26N4O2/c1-4-22-17(19-13-20-22)12-21-11-5-6-16(21)18(2,23)14-7-9-15(24-3)10-8-14/h7-10,13,16,23H,4-6,11-12H2,1-3H3/t16-,18-/m0/s1. The molecule has 2 atom stereocenters. The Morgan fingerprint density at radius 1 is 1.33 bits per heavy atom. The van der Waals surface area contributed by atoms with Crippen molar-refractivity contribution in [1.29, 1.82) is 0 Å². The average molecular weight is 330 g/mol. The van der Waals surface area contributed by atoms with Gasteiger partial charge in [-0.15, -0.1) is 0 Å². The van der Waals surface area contributed by atoms with E-state index in [1.54, 1.807) is 13.4 Å². The Labute approximate surface area is 143 Å². The van der Waals surface area contributed by atoms with Crippen molar-refractivity contribution in [3.05, 3.63) is 42.0 Å². The number of aliphatic hydroxyl groups is 1. The summed E-state index contributed by atoms with van der Waals surface area (Å²) in [6.07, 6.45) is 3.65. The molecule has 130 valence electrons. The smallest absolute Gasteiger partial charge is 0.141 e. The van der Waals surface area contributed by atoms with Gasteiger partial charge in [0.15, 0.2) is 0 Å². The van der Waals surface area contributed by atoms with E-state index in [1.807, 2.05) is 35.9 Å². The zero-order valence-electron chi connectivity index (χ0n) is 14.6. The maximum absolute atomic E-state index is 11.2. The quantitative estimate of drug-likeness (QED) is 0.879. The summed E-state index contributed by atoms with van der Waals surface area (Å²) in [5, 5.41) is 15.5. The van der Waals surface area contributed by atoms with Crippen molar-refractivity contribution in [2.45, 2.75) is 51.4 Å². The molecule has 1 aromatic carbocycles. The molecule has 2 heterocycles. The highest BCUT2D eigenvalue weighted by molar-refractivity contribution is 5.31. The number of benzene rings is 1. The molecule has 1 aliphatic heterocycles. The second-order valence-electron chi connectivity index (χ2n) is 6.50. The second kappa shape index (κ2) is 6.91. The first-order valence-corrected chi connectivity index (χ1v) is 8.54. The van der Waals surface area contributed by atoms with Gasteiger partial charge in [0, 0.05) is 12.6 Å². The molecule has 3 rings (SSSR count). The molecule has 0 unspecified atom stereocenters. The summed E-state index contributed by atoms with van der Waals surface area (Å²) in [5.74, 6) is 1.75. The van der Waals surface area contributed by atoms with Crippen molar-refractivity contribution in [3.63, 3.8) is 0 Å². The summed E-state index contributed by atoms with van der Waals surface area (Å²) in [6, 6.07) is 7.76. The first kappa shape index (κ1) is 16.9. The molecular weight excluding hydrogens is 304 g/mol. The monoisotopic (exact) mass is 330 g/mol. The van der Waals surface area contributed by atoms with E-state index in [0.29, 0.717) is 6.54 Å². The number of hydrogen-bond acceptors (Lipinski definition) is 5. The van der Waals surface area contributed by atoms with Crippen molar-refractivity contribution in [2.24, 2.45) is 0 Å². The average Bonchev–Trinajstić information content (AvgIpc) is 3.24. The molecular formula is C18H26N4O2. The Balaban J connectivity index is 1.80. The minimum Gasteiger partial charge on any atom is -0.497 e. The van der Waals surface area contributed by atoms with Gasteiger partial charge in [0.2, 0.25) is 0 Å². The minimum absolute atomic E-state index is 0.0629. The SMILES string of the molecule is CCn1ncnc1CN1CCC[C@H]1[C@@](C)(O)c1ccc(OC)cc1. The van der Waals surface area contributed by atoms with E-state index in [4.69, 9.17) is 4.74 Å². The summed E-state index contributed by atoms with van der Waals surface area (Å²) >= 11 is 0. The Bertz CT molecular complexity index is 666. The first-order chi connectivity index (χ1) is 11.6. The Kier molecular flexibility index (Phi) is 4.87. The molecule has 2 aromatic rings. The van der Waals surface area contributed by atoms with Crippen LogP contribution in [-0.4, -0.2) is 44.5 Å². The van der Waals surface area contributed by atoms with E-state index in [1.165, 1.54) is 0 Å². The van der Waals surface area contributed by atoms with Gasteiger partial charge in [0.25, 0.3) is 0 Å².